The number of nitrogens with one attached hydrogen (secondary N) is 1. The van der Waals surface area contributed by atoms with Gasteiger partial charge < -0.3 is 19.7 Å². The lowest BCUT2D eigenvalue weighted by atomic mass is 9.83. The van der Waals surface area contributed by atoms with Crippen LogP contribution in [0.4, 0.5) is 5.69 Å². The Bertz CT molecular complexity index is 1080. The van der Waals surface area contributed by atoms with Crippen molar-refractivity contribution in [3.05, 3.63) is 76.5 Å². The molecule has 0 aliphatic carbocycles. The summed E-state index contributed by atoms with van der Waals surface area (Å²) in [6.07, 6.45) is 0.801. The highest BCUT2D eigenvalue weighted by atomic mass is 32.1. The van der Waals surface area contributed by atoms with Crippen molar-refractivity contribution in [1.29, 1.82) is 0 Å². The summed E-state index contributed by atoms with van der Waals surface area (Å²) in [4.78, 5) is 29.5. The van der Waals surface area contributed by atoms with Gasteiger partial charge in [-0.1, -0.05) is 18.2 Å². The van der Waals surface area contributed by atoms with Crippen LogP contribution in [0.3, 0.4) is 0 Å². The van der Waals surface area contributed by atoms with Crippen LogP contribution in [0.1, 0.15) is 42.3 Å². The van der Waals surface area contributed by atoms with Gasteiger partial charge in [-0.3, -0.25) is 9.59 Å². The standard InChI is InChI=1S/C26H28N2O4S/c1-17(23-5-4-16-33-23)27-26(30)22-14-15-24(29)28(19-8-12-21(32-3)13-9-19)25(22)18-6-10-20(31-2)11-7-18/h4-13,16-17,22,25H,14-15H2,1-3H3,(H,27,30). The van der Waals surface area contributed by atoms with Gasteiger partial charge in [-0.2, -0.15) is 0 Å². The number of hydrogen-bond donors (Lipinski definition) is 1. The van der Waals surface area contributed by atoms with Crippen molar-refractivity contribution in [3.8, 4) is 11.5 Å². The predicted molar refractivity (Wildman–Crippen MR) is 130 cm³/mol. The zero-order valence-corrected chi connectivity index (χ0v) is 19.8. The number of nitrogens with zero attached hydrogens (tertiary/aromatic N) is 1. The molecule has 2 heterocycles. The van der Waals surface area contributed by atoms with Crippen LogP contribution in [0.15, 0.2) is 66.0 Å². The summed E-state index contributed by atoms with van der Waals surface area (Å²) in [5, 5.41) is 5.17. The molecule has 33 heavy (non-hydrogen) atoms. The average molecular weight is 465 g/mol. The molecule has 1 aliphatic rings. The van der Waals surface area contributed by atoms with E-state index in [1.54, 1.807) is 30.5 Å². The molecule has 1 N–H and O–H groups in total. The van der Waals surface area contributed by atoms with E-state index >= 15 is 0 Å². The van der Waals surface area contributed by atoms with Crippen molar-refractivity contribution in [1.82, 2.24) is 5.32 Å². The molecular weight excluding hydrogens is 436 g/mol. The SMILES string of the molecule is COc1ccc(C2C(C(=O)NC(C)c3cccs3)CCC(=O)N2c2ccc(OC)cc2)cc1. The van der Waals surface area contributed by atoms with E-state index in [9.17, 15) is 9.59 Å². The molecule has 0 bridgehead atoms. The first kappa shape index (κ1) is 22.9. The number of amides is 2. The molecule has 2 aromatic carbocycles. The fourth-order valence-electron chi connectivity index (χ4n) is 4.33. The molecule has 2 amide bonds. The highest BCUT2D eigenvalue weighted by molar-refractivity contribution is 7.10. The molecule has 1 aliphatic heterocycles. The Morgan fingerprint density at radius 2 is 1.67 bits per heavy atom. The second-order valence-corrected chi connectivity index (χ2v) is 9.05. The van der Waals surface area contributed by atoms with Gasteiger partial charge in [0, 0.05) is 17.0 Å². The lowest BCUT2D eigenvalue weighted by Crippen LogP contribution is -2.48. The molecular formula is C26H28N2O4S. The van der Waals surface area contributed by atoms with Crippen molar-refractivity contribution < 1.29 is 19.1 Å². The molecule has 0 radical (unpaired) electrons. The number of thiophene rings is 1. The third-order valence-corrected chi connectivity index (χ3v) is 7.13. The highest BCUT2D eigenvalue weighted by Crippen LogP contribution is 2.41. The van der Waals surface area contributed by atoms with Crippen LogP contribution in [0, 0.1) is 5.92 Å². The lowest BCUT2D eigenvalue weighted by Gasteiger charge is -2.41. The van der Waals surface area contributed by atoms with Crippen LogP contribution in [-0.4, -0.2) is 26.0 Å². The van der Waals surface area contributed by atoms with Crippen LogP contribution in [0.5, 0.6) is 11.5 Å². The molecule has 1 fully saturated rings. The molecule has 3 unspecified atom stereocenters. The van der Waals surface area contributed by atoms with E-state index in [0.29, 0.717) is 18.6 Å². The molecule has 0 spiro atoms. The van der Waals surface area contributed by atoms with Crippen molar-refractivity contribution in [2.45, 2.75) is 31.8 Å². The minimum absolute atomic E-state index is 0.00339. The topological polar surface area (TPSA) is 67.9 Å². The van der Waals surface area contributed by atoms with Crippen molar-refractivity contribution in [3.63, 3.8) is 0 Å². The minimum Gasteiger partial charge on any atom is -0.497 e. The van der Waals surface area contributed by atoms with E-state index in [4.69, 9.17) is 9.47 Å². The normalized spacial score (nSPS) is 19.1. The maximum atomic E-state index is 13.5. The van der Waals surface area contributed by atoms with E-state index in [-0.39, 0.29) is 23.8 Å². The van der Waals surface area contributed by atoms with Crippen molar-refractivity contribution >= 4 is 28.8 Å². The second kappa shape index (κ2) is 10.1. The summed E-state index contributed by atoms with van der Waals surface area (Å²) in [5.41, 5.74) is 1.63. The number of ether oxygens (including phenoxy) is 2. The molecule has 172 valence electrons. The lowest BCUT2D eigenvalue weighted by molar-refractivity contribution is -0.129. The fourth-order valence-corrected chi connectivity index (χ4v) is 5.06. The largest absolute Gasteiger partial charge is 0.497 e. The van der Waals surface area contributed by atoms with Gasteiger partial charge in [0.1, 0.15) is 11.5 Å². The smallest absolute Gasteiger partial charge is 0.227 e. The number of rotatable bonds is 7. The van der Waals surface area contributed by atoms with Crippen LogP contribution in [0.25, 0.3) is 0 Å². The summed E-state index contributed by atoms with van der Waals surface area (Å²) in [7, 11) is 3.22. The van der Waals surface area contributed by atoms with Crippen molar-refractivity contribution in [2.75, 3.05) is 19.1 Å². The zero-order valence-electron chi connectivity index (χ0n) is 19.0. The third kappa shape index (κ3) is 4.88. The molecule has 1 aromatic heterocycles. The van der Waals surface area contributed by atoms with Gasteiger partial charge in [0.05, 0.1) is 32.2 Å². The number of carbonyl (C=O) groups excluding carboxylic acids is 2. The number of methoxy groups -OCH3 is 2. The van der Waals surface area contributed by atoms with Crippen LogP contribution in [-0.2, 0) is 9.59 Å². The maximum absolute atomic E-state index is 13.5. The first-order valence-electron chi connectivity index (χ1n) is 11.0. The summed E-state index contributed by atoms with van der Waals surface area (Å²) in [5.74, 6) is 0.993. The number of benzene rings is 2. The van der Waals surface area contributed by atoms with E-state index in [1.807, 2.05) is 73.0 Å². The molecule has 4 rings (SSSR count). The number of piperidine rings is 1. The Morgan fingerprint density at radius 3 is 2.24 bits per heavy atom. The van der Waals surface area contributed by atoms with Gasteiger partial charge in [-0.25, -0.2) is 0 Å². The van der Waals surface area contributed by atoms with E-state index in [1.165, 1.54) is 0 Å². The molecule has 0 saturated carbocycles. The first-order valence-corrected chi connectivity index (χ1v) is 11.8. The quantitative estimate of drug-likeness (QED) is 0.527. The van der Waals surface area contributed by atoms with Gasteiger partial charge in [0.15, 0.2) is 0 Å². The first-order chi connectivity index (χ1) is 16.0. The van der Waals surface area contributed by atoms with Crippen LogP contribution < -0.4 is 19.7 Å². The zero-order chi connectivity index (χ0) is 23.4. The summed E-state index contributed by atoms with van der Waals surface area (Å²) in [6, 6.07) is 18.5. The van der Waals surface area contributed by atoms with Crippen LogP contribution >= 0.6 is 11.3 Å². The third-order valence-electron chi connectivity index (χ3n) is 6.07. The summed E-state index contributed by atoms with van der Waals surface area (Å²) >= 11 is 1.62. The second-order valence-electron chi connectivity index (χ2n) is 8.07. The average Bonchev–Trinajstić information content (AvgIpc) is 3.39. The van der Waals surface area contributed by atoms with Crippen molar-refractivity contribution in [2.24, 2.45) is 5.92 Å². The van der Waals surface area contributed by atoms with Gasteiger partial charge in [-0.15, -0.1) is 11.3 Å². The Kier molecular flexibility index (Phi) is 6.99. The fraction of sp³-hybridized carbons (Fsp3) is 0.308. The van der Waals surface area contributed by atoms with E-state index in [2.05, 4.69) is 5.32 Å². The number of hydrogen-bond acceptors (Lipinski definition) is 5. The van der Waals surface area contributed by atoms with E-state index in [0.717, 1.165) is 21.9 Å². The summed E-state index contributed by atoms with van der Waals surface area (Å²) < 4.78 is 10.6. The number of anilines is 1. The Hall–Kier alpha value is -3.32. The summed E-state index contributed by atoms with van der Waals surface area (Å²) in [6.45, 7) is 1.99. The minimum atomic E-state index is -0.430. The molecule has 1 saturated heterocycles. The van der Waals surface area contributed by atoms with Gasteiger partial charge in [-0.05, 0) is 66.8 Å². The van der Waals surface area contributed by atoms with Gasteiger partial charge >= 0.3 is 0 Å². The predicted octanol–water partition coefficient (Wildman–Crippen LogP) is 5.13. The monoisotopic (exact) mass is 464 g/mol. The highest BCUT2D eigenvalue weighted by Gasteiger charge is 2.41. The number of carbonyl (C=O) groups is 2. The molecule has 3 aromatic rings. The maximum Gasteiger partial charge on any atom is 0.227 e. The molecule has 7 heteroatoms. The molecule has 6 nitrogen and oxygen atoms in total. The van der Waals surface area contributed by atoms with Crippen LogP contribution in [0.2, 0.25) is 0 Å². The Morgan fingerprint density at radius 1 is 1.03 bits per heavy atom. The molecule has 3 atom stereocenters. The Balaban J connectivity index is 1.70. The van der Waals surface area contributed by atoms with Gasteiger partial charge in [0.2, 0.25) is 11.8 Å². The van der Waals surface area contributed by atoms with E-state index < -0.39 is 6.04 Å². The Labute approximate surface area is 198 Å². The van der Waals surface area contributed by atoms with Gasteiger partial charge in [0.25, 0.3) is 0 Å².